The van der Waals surface area contributed by atoms with Crippen LogP contribution >= 0.6 is 0 Å². The van der Waals surface area contributed by atoms with E-state index in [-0.39, 0.29) is 11.4 Å². The van der Waals surface area contributed by atoms with E-state index in [9.17, 15) is 8.42 Å². The average Bonchev–Trinajstić information content (AvgIpc) is 3.44. The Kier molecular flexibility index (Phi) is 6.62. The molecule has 1 N–H and O–H groups in total. The maximum Gasteiger partial charge on any atom is 0.243 e. The molecule has 0 amide bonds. The SMILES string of the molecule is CCOc1ccc(S(=O)(=O)N(CCc2c[nH]c3ccccc23)Cc2ccn(CC)n2)cc1. The first-order chi connectivity index (χ1) is 15.5. The van der Waals surface area contributed by atoms with Gasteiger partial charge in [0.05, 0.1) is 23.7 Å². The van der Waals surface area contributed by atoms with Crippen LogP contribution in [0.2, 0.25) is 0 Å². The van der Waals surface area contributed by atoms with Gasteiger partial charge >= 0.3 is 0 Å². The molecule has 4 aromatic rings. The monoisotopic (exact) mass is 452 g/mol. The molecule has 0 spiro atoms. The molecule has 7 nitrogen and oxygen atoms in total. The number of nitrogens with one attached hydrogen (secondary N) is 1. The Balaban J connectivity index is 1.61. The molecule has 0 unspecified atom stereocenters. The molecular weight excluding hydrogens is 424 g/mol. The predicted molar refractivity (Wildman–Crippen MR) is 125 cm³/mol. The highest BCUT2D eigenvalue weighted by Gasteiger charge is 2.26. The van der Waals surface area contributed by atoms with E-state index >= 15 is 0 Å². The van der Waals surface area contributed by atoms with Gasteiger partial charge in [0.1, 0.15) is 5.75 Å². The molecule has 168 valence electrons. The molecule has 0 radical (unpaired) electrons. The minimum atomic E-state index is -3.72. The van der Waals surface area contributed by atoms with Crippen LogP contribution < -0.4 is 4.74 Å². The fourth-order valence-corrected chi connectivity index (χ4v) is 5.15. The van der Waals surface area contributed by atoms with Crippen molar-refractivity contribution in [3.05, 3.63) is 78.2 Å². The summed E-state index contributed by atoms with van der Waals surface area (Å²) in [7, 11) is -3.72. The third-order valence-electron chi connectivity index (χ3n) is 5.44. The quantitative estimate of drug-likeness (QED) is 0.391. The van der Waals surface area contributed by atoms with Crippen LogP contribution in [0.5, 0.6) is 5.75 Å². The number of aromatic nitrogens is 3. The molecule has 4 rings (SSSR count). The van der Waals surface area contributed by atoms with Crippen molar-refractivity contribution in [1.29, 1.82) is 0 Å². The summed E-state index contributed by atoms with van der Waals surface area (Å²) in [6.07, 6.45) is 4.42. The Morgan fingerprint density at radius 2 is 1.84 bits per heavy atom. The van der Waals surface area contributed by atoms with Crippen LogP contribution in [0.1, 0.15) is 25.1 Å². The summed E-state index contributed by atoms with van der Waals surface area (Å²) < 4.78 is 35.9. The van der Waals surface area contributed by atoms with Crippen molar-refractivity contribution in [2.24, 2.45) is 0 Å². The van der Waals surface area contributed by atoms with E-state index in [1.807, 2.05) is 50.5 Å². The first-order valence-electron chi connectivity index (χ1n) is 10.8. The summed E-state index contributed by atoms with van der Waals surface area (Å²) in [6.45, 7) is 5.72. The zero-order valence-corrected chi connectivity index (χ0v) is 19.2. The smallest absolute Gasteiger partial charge is 0.243 e. The topological polar surface area (TPSA) is 80.2 Å². The van der Waals surface area contributed by atoms with Crippen LogP contribution in [0.25, 0.3) is 10.9 Å². The van der Waals surface area contributed by atoms with Gasteiger partial charge in [-0.25, -0.2) is 8.42 Å². The predicted octanol–water partition coefficient (Wildman–Crippen LogP) is 4.22. The second-order valence-electron chi connectivity index (χ2n) is 7.52. The zero-order chi connectivity index (χ0) is 22.6. The number of ether oxygens (including phenoxy) is 1. The first kappa shape index (κ1) is 22.1. The van der Waals surface area contributed by atoms with E-state index in [1.165, 1.54) is 4.31 Å². The maximum atomic E-state index is 13.5. The fourth-order valence-electron chi connectivity index (χ4n) is 3.74. The largest absolute Gasteiger partial charge is 0.494 e. The number of hydrogen-bond donors (Lipinski definition) is 1. The standard InChI is InChI=1S/C24H28N4O3S/c1-3-27-15-14-20(26-27)18-28(16-13-19-17-25-24-8-6-5-7-23(19)24)32(29,30)22-11-9-21(10-12-22)31-4-2/h5-12,14-15,17,25H,3-4,13,16,18H2,1-2H3. The number of aromatic amines is 1. The van der Waals surface area contributed by atoms with Gasteiger partial charge < -0.3 is 9.72 Å². The van der Waals surface area contributed by atoms with Crippen LogP contribution in [-0.2, 0) is 29.5 Å². The van der Waals surface area contributed by atoms with Crippen molar-refractivity contribution < 1.29 is 13.2 Å². The number of rotatable bonds is 10. The summed E-state index contributed by atoms with van der Waals surface area (Å²) >= 11 is 0. The van der Waals surface area contributed by atoms with Crippen LogP contribution in [-0.4, -0.2) is 40.6 Å². The molecule has 0 aliphatic carbocycles. The number of para-hydroxylation sites is 1. The lowest BCUT2D eigenvalue weighted by atomic mass is 10.1. The number of aryl methyl sites for hydroxylation is 1. The highest BCUT2D eigenvalue weighted by atomic mass is 32.2. The number of fused-ring (bicyclic) bond motifs is 1. The van der Waals surface area contributed by atoms with Gasteiger partial charge in [0, 0.05) is 36.4 Å². The minimum Gasteiger partial charge on any atom is -0.494 e. The van der Waals surface area contributed by atoms with Crippen molar-refractivity contribution in [3.8, 4) is 5.75 Å². The number of nitrogens with zero attached hydrogens (tertiary/aromatic N) is 3. The Morgan fingerprint density at radius 3 is 2.56 bits per heavy atom. The molecule has 2 aromatic carbocycles. The van der Waals surface area contributed by atoms with Gasteiger partial charge in [-0.2, -0.15) is 9.40 Å². The van der Waals surface area contributed by atoms with Crippen LogP contribution in [0.15, 0.2) is 71.9 Å². The molecule has 0 aliphatic rings. The normalized spacial score (nSPS) is 12.0. The number of benzene rings is 2. The van der Waals surface area contributed by atoms with E-state index < -0.39 is 10.0 Å². The second-order valence-corrected chi connectivity index (χ2v) is 9.45. The molecule has 0 fully saturated rings. The van der Waals surface area contributed by atoms with Gasteiger partial charge in [0.25, 0.3) is 0 Å². The lowest BCUT2D eigenvalue weighted by Gasteiger charge is -2.21. The van der Waals surface area contributed by atoms with E-state index in [0.717, 1.165) is 28.7 Å². The van der Waals surface area contributed by atoms with E-state index in [0.29, 0.717) is 25.3 Å². The molecule has 0 atom stereocenters. The summed E-state index contributed by atoms with van der Waals surface area (Å²) in [5.74, 6) is 0.651. The van der Waals surface area contributed by atoms with Gasteiger partial charge in [-0.3, -0.25) is 4.68 Å². The van der Waals surface area contributed by atoms with Crippen LogP contribution in [0.4, 0.5) is 0 Å². The molecule has 0 saturated carbocycles. The number of sulfonamides is 1. The average molecular weight is 453 g/mol. The highest BCUT2D eigenvalue weighted by molar-refractivity contribution is 7.89. The molecule has 2 aromatic heterocycles. The second kappa shape index (κ2) is 9.58. The van der Waals surface area contributed by atoms with Crippen molar-refractivity contribution in [2.75, 3.05) is 13.2 Å². The van der Waals surface area contributed by atoms with Crippen LogP contribution in [0.3, 0.4) is 0 Å². The molecule has 0 saturated heterocycles. The van der Waals surface area contributed by atoms with Gasteiger partial charge in [-0.15, -0.1) is 0 Å². The van der Waals surface area contributed by atoms with E-state index in [1.54, 1.807) is 28.9 Å². The van der Waals surface area contributed by atoms with Gasteiger partial charge in [0.2, 0.25) is 10.0 Å². The zero-order valence-electron chi connectivity index (χ0n) is 18.4. The third-order valence-corrected chi connectivity index (χ3v) is 7.30. The van der Waals surface area contributed by atoms with Crippen molar-refractivity contribution in [2.45, 2.75) is 38.3 Å². The van der Waals surface area contributed by atoms with E-state index in [2.05, 4.69) is 16.1 Å². The van der Waals surface area contributed by atoms with Crippen molar-refractivity contribution >= 4 is 20.9 Å². The van der Waals surface area contributed by atoms with E-state index in [4.69, 9.17) is 4.74 Å². The first-order valence-corrected chi connectivity index (χ1v) is 12.3. The van der Waals surface area contributed by atoms with Crippen LogP contribution in [0, 0.1) is 0 Å². The highest BCUT2D eigenvalue weighted by Crippen LogP contribution is 2.23. The minimum absolute atomic E-state index is 0.213. The third kappa shape index (κ3) is 4.71. The number of H-pyrrole nitrogens is 1. The molecule has 0 bridgehead atoms. The summed E-state index contributed by atoms with van der Waals surface area (Å²) in [4.78, 5) is 3.51. The lowest BCUT2D eigenvalue weighted by molar-refractivity contribution is 0.340. The maximum absolute atomic E-state index is 13.5. The van der Waals surface area contributed by atoms with Crippen molar-refractivity contribution in [1.82, 2.24) is 19.1 Å². The summed E-state index contributed by atoms with van der Waals surface area (Å²) in [6, 6.07) is 16.5. The fraction of sp³-hybridized carbons (Fsp3) is 0.292. The molecular formula is C24H28N4O3S. The van der Waals surface area contributed by atoms with Gasteiger partial charge in [-0.05, 0) is 62.2 Å². The molecule has 0 aliphatic heterocycles. The van der Waals surface area contributed by atoms with Gasteiger partial charge in [0.15, 0.2) is 0 Å². The van der Waals surface area contributed by atoms with Gasteiger partial charge in [-0.1, -0.05) is 18.2 Å². The Morgan fingerprint density at radius 1 is 1.06 bits per heavy atom. The number of hydrogen-bond acceptors (Lipinski definition) is 4. The summed E-state index contributed by atoms with van der Waals surface area (Å²) in [5, 5.41) is 5.61. The van der Waals surface area contributed by atoms with Crippen molar-refractivity contribution in [3.63, 3.8) is 0 Å². The molecule has 32 heavy (non-hydrogen) atoms. The summed E-state index contributed by atoms with van der Waals surface area (Å²) in [5.41, 5.74) is 2.86. The Labute approximate surface area is 188 Å². The Bertz CT molecular complexity index is 1280. The lowest BCUT2D eigenvalue weighted by Crippen LogP contribution is -2.32. The molecule has 2 heterocycles. The Hall–Kier alpha value is -3.10. The molecule has 8 heteroatoms.